The van der Waals surface area contributed by atoms with Gasteiger partial charge in [-0.2, -0.15) is 4.31 Å². The lowest BCUT2D eigenvalue weighted by atomic mass is 10.0. The first-order valence-electron chi connectivity index (χ1n) is 9.39. The van der Waals surface area contributed by atoms with Crippen LogP contribution in [0.15, 0.2) is 23.1 Å². The SMILES string of the molecule is CCN(CC)S(=O)(=O)c1ccc(OCC(=O)N2CCC[C@@H](C)C2)c([N+](=O)[O-])c1. The third-order valence-electron chi connectivity index (χ3n) is 4.83. The van der Waals surface area contributed by atoms with Crippen LogP contribution in [0.5, 0.6) is 5.75 Å². The third kappa shape index (κ3) is 4.99. The predicted molar refractivity (Wildman–Crippen MR) is 104 cm³/mol. The van der Waals surface area contributed by atoms with Gasteiger partial charge in [-0.15, -0.1) is 0 Å². The number of hydrogen-bond acceptors (Lipinski definition) is 6. The van der Waals surface area contributed by atoms with E-state index in [0.717, 1.165) is 18.9 Å². The van der Waals surface area contributed by atoms with Gasteiger partial charge in [0.1, 0.15) is 0 Å². The smallest absolute Gasteiger partial charge is 0.312 e. The minimum absolute atomic E-state index is 0.123. The molecular formula is C18H27N3O6S. The molecular weight excluding hydrogens is 386 g/mol. The molecule has 2 rings (SSSR count). The molecule has 1 amide bonds. The van der Waals surface area contributed by atoms with Gasteiger partial charge in [0, 0.05) is 32.2 Å². The zero-order valence-corrected chi connectivity index (χ0v) is 17.3. The Hall–Kier alpha value is -2.20. The Bertz CT molecular complexity index is 823. The molecule has 10 heteroatoms. The van der Waals surface area contributed by atoms with Gasteiger partial charge >= 0.3 is 5.69 Å². The summed E-state index contributed by atoms with van der Waals surface area (Å²) in [6.07, 6.45) is 1.99. The number of amides is 1. The highest BCUT2D eigenvalue weighted by Gasteiger charge is 2.27. The van der Waals surface area contributed by atoms with E-state index in [1.807, 2.05) is 0 Å². The molecule has 1 aliphatic rings. The van der Waals surface area contributed by atoms with Crippen LogP contribution >= 0.6 is 0 Å². The van der Waals surface area contributed by atoms with Gasteiger partial charge in [-0.3, -0.25) is 14.9 Å². The number of carbonyl (C=O) groups excluding carboxylic acids is 1. The van der Waals surface area contributed by atoms with Crippen molar-refractivity contribution in [1.29, 1.82) is 0 Å². The fraction of sp³-hybridized carbons (Fsp3) is 0.611. The van der Waals surface area contributed by atoms with Crippen LogP contribution in [0.1, 0.15) is 33.6 Å². The minimum Gasteiger partial charge on any atom is -0.477 e. The molecule has 0 aliphatic carbocycles. The van der Waals surface area contributed by atoms with Gasteiger partial charge in [-0.05, 0) is 30.9 Å². The number of carbonyl (C=O) groups is 1. The summed E-state index contributed by atoms with van der Waals surface area (Å²) in [5, 5.41) is 11.4. The van der Waals surface area contributed by atoms with Crippen molar-refractivity contribution in [2.45, 2.75) is 38.5 Å². The maximum Gasteiger partial charge on any atom is 0.312 e. The molecule has 1 aliphatic heterocycles. The molecule has 0 bridgehead atoms. The fourth-order valence-electron chi connectivity index (χ4n) is 3.28. The van der Waals surface area contributed by atoms with E-state index in [0.29, 0.717) is 19.0 Å². The van der Waals surface area contributed by atoms with Crippen LogP contribution in [0.2, 0.25) is 0 Å². The highest BCUT2D eigenvalue weighted by molar-refractivity contribution is 7.89. The summed E-state index contributed by atoms with van der Waals surface area (Å²) in [5.74, 6) is 0.0548. The number of nitro benzene ring substituents is 1. The highest BCUT2D eigenvalue weighted by atomic mass is 32.2. The number of ether oxygens (including phenoxy) is 1. The van der Waals surface area contributed by atoms with Gasteiger partial charge in [0.25, 0.3) is 5.91 Å². The molecule has 1 aromatic rings. The molecule has 0 N–H and O–H groups in total. The second-order valence-electron chi connectivity index (χ2n) is 6.85. The van der Waals surface area contributed by atoms with Gasteiger partial charge in [-0.1, -0.05) is 20.8 Å². The lowest BCUT2D eigenvalue weighted by Crippen LogP contribution is -2.41. The van der Waals surface area contributed by atoms with Crippen molar-refractivity contribution in [1.82, 2.24) is 9.21 Å². The average Bonchev–Trinajstić information content (AvgIpc) is 2.66. The molecule has 0 unspecified atom stereocenters. The Balaban J connectivity index is 2.19. The van der Waals surface area contributed by atoms with Crippen LogP contribution in [0.3, 0.4) is 0 Å². The summed E-state index contributed by atoms with van der Waals surface area (Å²) in [5.41, 5.74) is -0.479. The van der Waals surface area contributed by atoms with E-state index < -0.39 is 20.6 Å². The van der Waals surface area contributed by atoms with E-state index in [2.05, 4.69) is 6.92 Å². The molecule has 1 saturated heterocycles. The van der Waals surface area contributed by atoms with Crippen molar-refractivity contribution < 1.29 is 22.9 Å². The van der Waals surface area contributed by atoms with Crippen LogP contribution in [0, 0.1) is 16.0 Å². The molecule has 1 aromatic carbocycles. The van der Waals surface area contributed by atoms with E-state index in [9.17, 15) is 23.3 Å². The highest BCUT2D eigenvalue weighted by Crippen LogP contribution is 2.31. The van der Waals surface area contributed by atoms with Gasteiger partial charge in [-0.25, -0.2) is 8.42 Å². The monoisotopic (exact) mass is 413 g/mol. The van der Waals surface area contributed by atoms with E-state index >= 15 is 0 Å². The van der Waals surface area contributed by atoms with Crippen LogP contribution in [-0.2, 0) is 14.8 Å². The van der Waals surface area contributed by atoms with Crippen LogP contribution in [0.25, 0.3) is 0 Å². The minimum atomic E-state index is -3.83. The summed E-state index contributed by atoms with van der Waals surface area (Å²) in [6.45, 7) is 6.94. The zero-order chi connectivity index (χ0) is 20.9. The molecule has 1 atom stereocenters. The summed E-state index contributed by atoms with van der Waals surface area (Å²) < 4.78 is 31.8. The summed E-state index contributed by atoms with van der Waals surface area (Å²) >= 11 is 0. The molecule has 0 radical (unpaired) electrons. The number of rotatable bonds is 8. The molecule has 1 fully saturated rings. The average molecular weight is 413 g/mol. The molecule has 9 nitrogen and oxygen atoms in total. The van der Waals surface area contributed by atoms with Crippen LogP contribution in [-0.4, -0.2) is 61.2 Å². The Kier molecular flexibility index (Phi) is 7.36. The van der Waals surface area contributed by atoms with Crippen LogP contribution < -0.4 is 4.74 Å². The first kappa shape index (κ1) is 22.1. The van der Waals surface area contributed by atoms with Gasteiger partial charge in [0.05, 0.1) is 9.82 Å². The Morgan fingerprint density at radius 3 is 2.61 bits per heavy atom. The van der Waals surface area contributed by atoms with E-state index in [-0.39, 0.29) is 36.2 Å². The summed E-state index contributed by atoms with van der Waals surface area (Å²) in [4.78, 5) is 24.6. The van der Waals surface area contributed by atoms with Gasteiger partial charge in [0.15, 0.2) is 12.4 Å². The Morgan fingerprint density at radius 1 is 1.36 bits per heavy atom. The van der Waals surface area contributed by atoms with Gasteiger partial charge in [0.2, 0.25) is 10.0 Å². The maximum atomic E-state index is 12.6. The quantitative estimate of drug-likeness (QED) is 0.478. The largest absolute Gasteiger partial charge is 0.477 e. The van der Waals surface area contributed by atoms with Crippen LogP contribution in [0.4, 0.5) is 5.69 Å². The second kappa shape index (κ2) is 9.33. The number of nitrogens with zero attached hydrogens (tertiary/aromatic N) is 3. The standard InChI is InChI=1S/C18H27N3O6S/c1-4-20(5-2)28(25,26)15-8-9-17(16(11-15)21(23)24)27-13-18(22)19-10-6-7-14(3)12-19/h8-9,11,14H,4-7,10,12-13H2,1-3H3/t14-/m1/s1. The van der Waals surface area contributed by atoms with Crippen molar-refractivity contribution in [3.8, 4) is 5.75 Å². The number of nitro groups is 1. The van der Waals surface area contributed by atoms with E-state index in [1.165, 1.54) is 16.4 Å². The summed E-state index contributed by atoms with van der Waals surface area (Å²) in [7, 11) is -3.83. The van der Waals surface area contributed by atoms with E-state index in [4.69, 9.17) is 4.74 Å². The molecule has 156 valence electrons. The number of sulfonamides is 1. The third-order valence-corrected chi connectivity index (χ3v) is 6.88. The Morgan fingerprint density at radius 2 is 2.04 bits per heavy atom. The predicted octanol–water partition coefficient (Wildman–Crippen LogP) is 2.26. The topological polar surface area (TPSA) is 110 Å². The second-order valence-corrected chi connectivity index (χ2v) is 8.79. The maximum absolute atomic E-state index is 12.6. The van der Waals surface area contributed by atoms with Crippen molar-refractivity contribution >= 4 is 21.6 Å². The number of hydrogen-bond donors (Lipinski definition) is 0. The van der Waals surface area contributed by atoms with Gasteiger partial charge < -0.3 is 9.64 Å². The Labute approximate surface area is 165 Å². The van der Waals surface area contributed by atoms with E-state index in [1.54, 1.807) is 18.7 Å². The first-order valence-corrected chi connectivity index (χ1v) is 10.8. The lowest BCUT2D eigenvalue weighted by Gasteiger charge is -2.30. The summed E-state index contributed by atoms with van der Waals surface area (Å²) in [6, 6.07) is 3.49. The fourth-order valence-corrected chi connectivity index (χ4v) is 4.76. The zero-order valence-electron chi connectivity index (χ0n) is 16.5. The molecule has 28 heavy (non-hydrogen) atoms. The lowest BCUT2D eigenvalue weighted by molar-refractivity contribution is -0.386. The van der Waals surface area contributed by atoms with Crippen molar-refractivity contribution in [3.05, 3.63) is 28.3 Å². The normalized spacial score (nSPS) is 17.6. The number of likely N-dealkylation sites (tertiary alicyclic amines) is 1. The molecule has 0 aromatic heterocycles. The van der Waals surface area contributed by atoms with Crippen molar-refractivity contribution in [2.75, 3.05) is 32.8 Å². The van der Waals surface area contributed by atoms with Crippen molar-refractivity contribution in [2.24, 2.45) is 5.92 Å². The number of benzene rings is 1. The first-order chi connectivity index (χ1) is 13.2. The van der Waals surface area contributed by atoms with Crippen molar-refractivity contribution in [3.63, 3.8) is 0 Å². The molecule has 1 heterocycles. The number of piperidine rings is 1. The molecule has 0 spiro atoms. The molecule has 0 saturated carbocycles.